The summed E-state index contributed by atoms with van der Waals surface area (Å²) in [5, 5.41) is 0. The van der Waals surface area contributed by atoms with E-state index in [2.05, 4.69) is 39.8 Å². The van der Waals surface area contributed by atoms with Crippen molar-refractivity contribution in [3.05, 3.63) is 45.5 Å². The van der Waals surface area contributed by atoms with Crippen LogP contribution in [0.15, 0.2) is 12.1 Å². The van der Waals surface area contributed by atoms with E-state index >= 15 is 0 Å². The molecule has 0 unspecified atom stereocenters. The lowest BCUT2D eigenvalue weighted by molar-refractivity contribution is 1.19. The van der Waals surface area contributed by atoms with E-state index in [1.165, 1.54) is 44.5 Å². The quantitative estimate of drug-likeness (QED) is 0.600. The minimum atomic E-state index is 0.851. The first-order chi connectivity index (χ1) is 8.91. The van der Waals surface area contributed by atoms with Crippen molar-refractivity contribution in [2.24, 2.45) is 0 Å². The van der Waals surface area contributed by atoms with Crippen molar-refractivity contribution in [1.82, 2.24) is 0 Å². The van der Waals surface area contributed by atoms with Crippen LogP contribution >= 0.6 is 0 Å². The van der Waals surface area contributed by atoms with E-state index in [1.807, 2.05) is 0 Å². The van der Waals surface area contributed by atoms with E-state index in [0.29, 0.717) is 0 Å². The molecule has 0 atom stereocenters. The van der Waals surface area contributed by atoms with Crippen molar-refractivity contribution < 1.29 is 0 Å². The van der Waals surface area contributed by atoms with Crippen molar-refractivity contribution in [3.8, 4) is 11.1 Å². The zero-order valence-electron chi connectivity index (χ0n) is 12.0. The Hall–Kier alpha value is -1.96. The third-order valence-corrected chi connectivity index (χ3v) is 4.56. The van der Waals surface area contributed by atoms with Crippen LogP contribution in [0.2, 0.25) is 0 Å². The molecule has 0 spiro atoms. The molecule has 2 heteroatoms. The van der Waals surface area contributed by atoms with Crippen LogP contribution in [0.3, 0.4) is 0 Å². The maximum absolute atomic E-state index is 6.23. The summed E-state index contributed by atoms with van der Waals surface area (Å²) in [4.78, 5) is 0. The zero-order valence-corrected chi connectivity index (χ0v) is 12.0. The fraction of sp³-hybridized carbons (Fsp3) is 0.294. The SMILES string of the molecule is Cc1cc(N)cc2c1-c1c(C)c(C)c(N)c(C)c1C2. The lowest BCUT2D eigenvalue weighted by Crippen LogP contribution is -2.01. The third-order valence-electron chi connectivity index (χ3n) is 4.56. The molecule has 0 saturated carbocycles. The second-order valence-electron chi connectivity index (χ2n) is 5.69. The van der Waals surface area contributed by atoms with E-state index in [9.17, 15) is 0 Å². The van der Waals surface area contributed by atoms with Gasteiger partial charge in [0.2, 0.25) is 0 Å². The van der Waals surface area contributed by atoms with Crippen molar-refractivity contribution in [3.63, 3.8) is 0 Å². The normalized spacial score (nSPS) is 12.4. The number of aryl methyl sites for hydroxylation is 1. The van der Waals surface area contributed by atoms with Gasteiger partial charge in [-0.1, -0.05) is 0 Å². The fourth-order valence-electron chi connectivity index (χ4n) is 3.38. The lowest BCUT2D eigenvalue weighted by atomic mass is 9.90. The average Bonchev–Trinajstić information content (AvgIpc) is 2.73. The van der Waals surface area contributed by atoms with Gasteiger partial charge in [-0.3, -0.25) is 0 Å². The molecule has 4 N–H and O–H groups in total. The van der Waals surface area contributed by atoms with Gasteiger partial charge in [-0.05, 0) is 90.8 Å². The summed E-state index contributed by atoms with van der Waals surface area (Å²) in [6.07, 6.45) is 0.952. The monoisotopic (exact) mass is 252 g/mol. The second-order valence-corrected chi connectivity index (χ2v) is 5.69. The van der Waals surface area contributed by atoms with Crippen molar-refractivity contribution >= 4 is 11.4 Å². The van der Waals surface area contributed by atoms with Gasteiger partial charge in [0.1, 0.15) is 0 Å². The lowest BCUT2D eigenvalue weighted by Gasteiger charge is -2.16. The van der Waals surface area contributed by atoms with Gasteiger partial charge in [-0.25, -0.2) is 0 Å². The first-order valence-electron chi connectivity index (χ1n) is 6.69. The van der Waals surface area contributed by atoms with Crippen LogP contribution in [-0.4, -0.2) is 0 Å². The number of hydrogen-bond acceptors (Lipinski definition) is 2. The summed E-state index contributed by atoms with van der Waals surface area (Å²) in [7, 11) is 0. The number of nitrogen functional groups attached to an aromatic ring is 2. The summed E-state index contributed by atoms with van der Waals surface area (Å²) in [6.45, 7) is 8.56. The standard InChI is InChI=1S/C17H20N2/c1-8-5-13(18)6-12-7-14-11(4)17(19)10(3)9(2)16(14)15(8)12/h5-6H,7,18-19H2,1-4H3. The van der Waals surface area contributed by atoms with E-state index in [0.717, 1.165) is 17.8 Å². The molecule has 3 rings (SSSR count). The van der Waals surface area contributed by atoms with Gasteiger partial charge >= 0.3 is 0 Å². The first kappa shape index (κ1) is 12.1. The first-order valence-corrected chi connectivity index (χ1v) is 6.69. The Balaban J connectivity index is 2.42. The van der Waals surface area contributed by atoms with Gasteiger partial charge in [-0.15, -0.1) is 0 Å². The molecule has 0 fully saturated rings. The minimum Gasteiger partial charge on any atom is -0.399 e. The predicted molar refractivity (Wildman–Crippen MR) is 82.5 cm³/mol. The minimum absolute atomic E-state index is 0.851. The fourth-order valence-corrected chi connectivity index (χ4v) is 3.38. The Labute approximate surface area is 114 Å². The third kappa shape index (κ3) is 1.49. The number of nitrogens with two attached hydrogens (primary N) is 2. The van der Waals surface area contributed by atoms with E-state index in [4.69, 9.17) is 11.5 Å². The molecular weight excluding hydrogens is 232 g/mol. The highest BCUT2D eigenvalue weighted by Gasteiger charge is 2.26. The van der Waals surface area contributed by atoms with Crippen molar-refractivity contribution in [1.29, 1.82) is 0 Å². The Bertz CT molecular complexity index is 712. The highest BCUT2D eigenvalue weighted by molar-refractivity contribution is 5.87. The van der Waals surface area contributed by atoms with Gasteiger partial charge in [0.15, 0.2) is 0 Å². The van der Waals surface area contributed by atoms with Crippen LogP contribution < -0.4 is 11.5 Å². The number of rotatable bonds is 0. The highest BCUT2D eigenvalue weighted by Crippen LogP contribution is 2.46. The number of anilines is 2. The number of fused-ring (bicyclic) bond motifs is 3. The maximum atomic E-state index is 6.23. The van der Waals surface area contributed by atoms with Crippen LogP contribution in [0, 0.1) is 27.7 Å². The molecule has 0 aliphatic heterocycles. The summed E-state index contributed by atoms with van der Waals surface area (Å²) in [5.41, 5.74) is 24.5. The molecule has 0 saturated heterocycles. The summed E-state index contributed by atoms with van der Waals surface area (Å²) < 4.78 is 0. The molecule has 0 aromatic heterocycles. The van der Waals surface area contributed by atoms with E-state index < -0.39 is 0 Å². The topological polar surface area (TPSA) is 52.0 Å². The number of hydrogen-bond donors (Lipinski definition) is 2. The molecule has 0 heterocycles. The summed E-state index contributed by atoms with van der Waals surface area (Å²) in [5.74, 6) is 0. The summed E-state index contributed by atoms with van der Waals surface area (Å²) in [6, 6.07) is 4.17. The van der Waals surface area contributed by atoms with Crippen molar-refractivity contribution in [2.75, 3.05) is 11.5 Å². The second kappa shape index (κ2) is 3.77. The molecule has 19 heavy (non-hydrogen) atoms. The molecule has 2 aromatic carbocycles. The molecular formula is C17H20N2. The number of benzene rings is 2. The van der Waals surface area contributed by atoms with Gasteiger partial charge in [0, 0.05) is 11.4 Å². The molecule has 0 radical (unpaired) electrons. The largest absolute Gasteiger partial charge is 0.399 e. The Morgan fingerprint density at radius 1 is 0.842 bits per heavy atom. The maximum Gasteiger partial charge on any atom is 0.0379 e. The molecule has 1 aliphatic carbocycles. The zero-order chi connectivity index (χ0) is 13.9. The van der Waals surface area contributed by atoms with Crippen LogP contribution in [0.5, 0.6) is 0 Å². The summed E-state index contributed by atoms with van der Waals surface area (Å²) >= 11 is 0. The Morgan fingerprint density at radius 2 is 1.53 bits per heavy atom. The predicted octanol–water partition coefficient (Wildman–Crippen LogP) is 3.66. The van der Waals surface area contributed by atoms with E-state index in [1.54, 1.807) is 0 Å². The Kier molecular flexibility index (Phi) is 2.40. The van der Waals surface area contributed by atoms with Crippen LogP contribution in [0.25, 0.3) is 11.1 Å². The van der Waals surface area contributed by atoms with Crippen LogP contribution in [-0.2, 0) is 6.42 Å². The molecule has 0 bridgehead atoms. The van der Waals surface area contributed by atoms with Crippen LogP contribution in [0.4, 0.5) is 11.4 Å². The van der Waals surface area contributed by atoms with Crippen molar-refractivity contribution in [2.45, 2.75) is 34.1 Å². The van der Waals surface area contributed by atoms with Gasteiger partial charge in [0.05, 0.1) is 0 Å². The molecule has 0 amide bonds. The molecule has 1 aliphatic rings. The van der Waals surface area contributed by atoms with Crippen LogP contribution in [0.1, 0.15) is 33.4 Å². The van der Waals surface area contributed by atoms with Gasteiger partial charge < -0.3 is 11.5 Å². The van der Waals surface area contributed by atoms with Gasteiger partial charge in [-0.2, -0.15) is 0 Å². The molecule has 2 aromatic rings. The van der Waals surface area contributed by atoms with Gasteiger partial charge in [0.25, 0.3) is 0 Å². The highest BCUT2D eigenvalue weighted by atomic mass is 14.6. The molecule has 2 nitrogen and oxygen atoms in total. The van der Waals surface area contributed by atoms with E-state index in [-0.39, 0.29) is 0 Å². The smallest absolute Gasteiger partial charge is 0.0379 e. The Morgan fingerprint density at radius 3 is 2.21 bits per heavy atom. The molecule has 98 valence electrons. The average molecular weight is 252 g/mol.